The summed E-state index contributed by atoms with van der Waals surface area (Å²) >= 11 is 0. The quantitative estimate of drug-likeness (QED) is 0.550. The number of oxime groups is 1. The zero-order chi connectivity index (χ0) is 21.6. The van der Waals surface area contributed by atoms with Gasteiger partial charge in [0.05, 0.1) is 12.1 Å². The van der Waals surface area contributed by atoms with Crippen LogP contribution < -0.4 is 15.8 Å². The lowest BCUT2D eigenvalue weighted by atomic mass is 9.89. The molecule has 0 spiro atoms. The number of benzene rings is 1. The molecule has 1 heterocycles. The number of amides is 2. The van der Waals surface area contributed by atoms with Crippen molar-refractivity contribution >= 4 is 23.5 Å². The smallest absolute Gasteiger partial charge is 0.308 e. The summed E-state index contributed by atoms with van der Waals surface area (Å²) in [6.07, 6.45) is 5.54. The van der Waals surface area contributed by atoms with E-state index in [1.165, 1.54) is 0 Å². The van der Waals surface area contributed by atoms with Crippen molar-refractivity contribution in [3.05, 3.63) is 29.8 Å². The Bertz CT molecular complexity index is 832. The molecule has 162 valence electrons. The molecule has 0 aromatic heterocycles. The fraction of sp³-hybridized carbons (Fsp3) is 0.524. The number of ether oxygens (including phenoxy) is 1. The van der Waals surface area contributed by atoms with Gasteiger partial charge in [0.2, 0.25) is 5.60 Å². The molecule has 1 atom stereocenters. The SMILES string of the molecule is NC(=O)COc1ccccc1C1=NO[C@@](CC(=O)O)(C(=O)NC2CCCCCC2)C1. The molecule has 1 aromatic carbocycles. The van der Waals surface area contributed by atoms with E-state index in [1.807, 2.05) is 0 Å². The normalized spacial score (nSPS) is 21.8. The number of nitrogens with zero attached hydrogens (tertiary/aromatic N) is 1. The zero-order valence-corrected chi connectivity index (χ0v) is 16.8. The number of nitrogens with two attached hydrogens (primary N) is 1. The third-order valence-corrected chi connectivity index (χ3v) is 5.39. The van der Waals surface area contributed by atoms with Crippen molar-refractivity contribution < 1.29 is 29.1 Å². The lowest BCUT2D eigenvalue weighted by Crippen LogP contribution is -2.51. The third-order valence-electron chi connectivity index (χ3n) is 5.39. The first-order chi connectivity index (χ1) is 14.4. The van der Waals surface area contributed by atoms with Gasteiger partial charge in [0, 0.05) is 18.0 Å². The molecule has 0 unspecified atom stereocenters. The number of hydrogen-bond acceptors (Lipinski definition) is 6. The first-order valence-corrected chi connectivity index (χ1v) is 10.2. The van der Waals surface area contributed by atoms with Crippen molar-refractivity contribution in [3.63, 3.8) is 0 Å². The molecular formula is C21H27N3O6. The van der Waals surface area contributed by atoms with E-state index in [1.54, 1.807) is 24.3 Å². The summed E-state index contributed by atoms with van der Waals surface area (Å²) in [6.45, 7) is -0.312. The number of carboxylic acids is 1. The van der Waals surface area contributed by atoms with Crippen molar-refractivity contribution in [2.45, 2.75) is 63.0 Å². The lowest BCUT2D eigenvalue weighted by molar-refractivity contribution is -0.156. The Kier molecular flexibility index (Phi) is 6.91. The monoisotopic (exact) mass is 417 g/mol. The van der Waals surface area contributed by atoms with Gasteiger partial charge < -0.3 is 25.7 Å². The van der Waals surface area contributed by atoms with Crippen LogP contribution in [0, 0.1) is 0 Å². The highest BCUT2D eigenvalue weighted by atomic mass is 16.7. The summed E-state index contributed by atoms with van der Waals surface area (Å²) in [5.74, 6) is -1.89. The van der Waals surface area contributed by atoms with Crippen molar-refractivity contribution in [2.24, 2.45) is 10.9 Å². The number of nitrogens with one attached hydrogen (secondary N) is 1. The van der Waals surface area contributed by atoms with Gasteiger partial charge in [-0.2, -0.15) is 0 Å². The van der Waals surface area contributed by atoms with Crippen molar-refractivity contribution in [3.8, 4) is 5.75 Å². The maximum Gasteiger partial charge on any atom is 0.308 e. The van der Waals surface area contributed by atoms with Crippen molar-refractivity contribution in [1.82, 2.24) is 5.32 Å². The molecule has 2 aliphatic rings. The van der Waals surface area contributed by atoms with E-state index in [9.17, 15) is 19.5 Å². The molecule has 0 bridgehead atoms. The van der Waals surface area contributed by atoms with Crippen molar-refractivity contribution in [1.29, 1.82) is 0 Å². The Balaban J connectivity index is 1.77. The van der Waals surface area contributed by atoms with Crippen LogP contribution in [0.25, 0.3) is 0 Å². The van der Waals surface area contributed by atoms with E-state index in [4.69, 9.17) is 15.3 Å². The zero-order valence-electron chi connectivity index (χ0n) is 16.8. The van der Waals surface area contributed by atoms with Crippen LogP contribution in [0.15, 0.2) is 29.4 Å². The summed E-state index contributed by atoms with van der Waals surface area (Å²) in [5.41, 5.74) is 4.43. The van der Waals surface area contributed by atoms with Gasteiger partial charge in [-0.3, -0.25) is 14.4 Å². The van der Waals surface area contributed by atoms with E-state index in [-0.39, 0.29) is 19.1 Å². The topological polar surface area (TPSA) is 140 Å². The molecule has 9 nitrogen and oxygen atoms in total. The number of carbonyl (C=O) groups is 3. The van der Waals surface area contributed by atoms with E-state index < -0.39 is 29.8 Å². The van der Waals surface area contributed by atoms with Crippen LogP contribution in [0.5, 0.6) is 5.75 Å². The van der Waals surface area contributed by atoms with Gasteiger partial charge in [-0.05, 0) is 25.0 Å². The maximum absolute atomic E-state index is 13.1. The van der Waals surface area contributed by atoms with Gasteiger partial charge in [0.25, 0.3) is 11.8 Å². The fourth-order valence-electron chi connectivity index (χ4n) is 3.88. The number of rotatable bonds is 8. The van der Waals surface area contributed by atoms with E-state index in [2.05, 4.69) is 10.5 Å². The average Bonchev–Trinajstić information content (AvgIpc) is 2.96. The molecule has 0 saturated heterocycles. The van der Waals surface area contributed by atoms with Gasteiger partial charge in [-0.1, -0.05) is 43.0 Å². The first-order valence-electron chi connectivity index (χ1n) is 10.2. The average molecular weight is 417 g/mol. The standard InChI is InChI=1S/C21H27N3O6/c22-18(25)13-29-17-10-6-5-9-15(17)16-11-21(30-24-16,12-19(26)27)20(28)23-14-7-3-1-2-4-8-14/h5-6,9-10,14H,1-4,7-8,11-13H2,(H2,22,25)(H,23,28)(H,26,27)/t21-/m0/s1. The number of hydrogen-bond donors (Lipinski definition) is 3. The number of primary amides is 1. The molecule has 1 fully saturated rings. The van der Waals surface area contributed by atoms with Crippen LogP contribution in [0.1, 0.15) is 56.9 Å². The molecule has 30 heavy (non-hydrogen) atoms. The summed E-state index contributed by atoms with van der Waals surface area (Å²) in [6, 6.07) is 6.82. The highest BCUT2D eigenvalue weighted by Crippen LogP contribution is 2.34. The van der Waals surface area contributed by atoms with Crippen LogP contribution in [0.3, 0.4) is 0 Å². The molecule has 4 N–H and O–H groups in total. The molecule has 2 amide bonds. The molecule has 1 aliphatic carbocycles. The molecule has 1 aliphatic heterocycles. The highest BCUT2D eigenvalue weighted by molar-refractivity contribution is 6.08. The van der Waals surface area contributed by atoms with Crippen molar-refractivity contribution in [2.75, 3.05) is 6.61 Å². The second kappa shape index (κ2) is 9.60. The van der Waals surface area contributed by atoms with Gasteiger partial charge in [-0.15, -0.1) is 0 Å². The summed E-state index contributed by atoms with van der Waals surface area (Å²) in [5, 5.41) is 16.4. The second-order valence-corrected chi connectivity index (χ2v) is 7.78. The number of aliphatic carboxylic acids is 1. The lowest BCUT2D eigenvalue weighted by Gasteiger charge is -2.27. The van der Waals surface area contributed by atoms with E-state index in [0.29, 0.717) is 17.0 Å². The summed E-state index contributed by atoms with van der Waals surface area (Å²) < 4.78 is 5.43. The molecule has 9 heteroatoms. The maximum atomic E-state index is 13.1. The van der Waals surface area contributed by atoms with Crippen LogP contribution in [0.2, 0.25) is 0 Å². The molecule has 3 rings (SSSR count). The van der Waals surface area contributed by atoms with Gasteiger partial charge in [0.1, 0.15) is 5.75 Å². The minimum atomic E-state index is -1.62. The van der Waals surface area contributed by atoms with E-state index >= 15 is 0 Å². The van der Waals surface area contributed by atoms with Crippen LogP contribution in [-0.4, -0.2) is 46.9 Å². The minimum Gasteiger partial charge on any atom is -0.483 e. The molecule has 1 aromatic rings. The van der Waals surface area contributed by atoms with Gasteiger partial charge in [0.15, 0.2) is 6.61 Å². The largest absolute Gasteiger partial charge is 0.483 e. The molecule has 0 radical (unpaired) electrons. The predicted octanol–water partition coefficient (Wildman–Crippen LogP) is 1.73. The fourth-order valence-corrected chi connectivity index (χ4v) is 3.88. The van der Waals surface area contributed by atoms with Gasteiger partial charge >= 0.3 is 5.97 Å². The number of carbonyl (C=O) groups excluding carboxylic acids is 2. The third kappa shape index (κ3) is 5.28. The van der Waals surface area contributed by atoms with Crippen LogP contribution >= 0.6 is 0 Å². The van der Waals surface area contributed by atoms with Crippen LogP contribution in [0.4, 0.5) is 0 Å². The summed E-state index contributed by atoms with van der Waals surface area (Å²) in [7, 11) is 0. The number of para-hydroxylation sites is 1. The first kappa shape index (κ1) is 21.6. The predicted molar refractivity (Wildman–Crippen MR) is 108 cm³/mol. The number of carboxylic acid groups (broad SMARTS) is 1. The van der Waals surface area contributed by atoms with Crippen LogP contribution in [-0.2, 0) is 19.2 Å². The minimum absolute atomic E-state index is 0.00417. The molecule has 1 saturated carbocycles. The highest BCUT2D eigenvalue weighted by Gasteiger charge is 2.49. The summed E-state index contributed by atoms with van der Waals surface area (Å²) in [4.78, 5) is 41.1. The second-order valence-electron chi connectivity index (χ2n) is 7.78. The Labute approximate surface area is 174 Å². The Morgan fingerprint density at radius 1 is 1.20 bits per heavy atom. The molecular weight excluding hydrogens is 390 g/mol. The van der Waals surface area contributed by atoms with E-state index in [0.717, 1.165) is 38.5 Å². The Hall–Kier alpha value is -3.10. The van der Waals surface area contributed by atoms with Gasteiger partial charge in [-0.25, -0.2) is 0 Å². The Morgan fingerprint density at radius 2 is 1.90 bits per heavy atom. The Morgan fingerprint density at radius 3 is 2.57 bits per heavy atom.